The molecule has 9 aromatic carbocycles. The highest BCUT2D eigenvalue weighted by molar-refractivity contribution is 6.11. The van der Waals surface area contributed by atoms with E-state index in [4.69, 9.17) is 24.1 Å². The maximum Gasteiger partial charge on any atom is 0.164 e. The standard InChI is InChI=1S/C61H39N3O2/c1-4-15-38(16-5-1)45-33-46(39-17-6-2-7-18-39)35-48(34-45)60-62-59(63-61(64-60)51-23-14-26-55-57(51)49-21-10-12-24-53(49)65-55)44-30-28-41-31-43(29-27-42(41)32-44)52-36-47(40-19-8-3-9-20-40)37-56-58(52)50-22-11-13-25-54(50)66-56/h1-37,56,58H. The number of benzene rings is 9. The summed E-state index contributed by atoms with van der Waals surface area (Å²) in [7, 11) is 0. The maximum absolute atomic E-state index is 6.61. The quantitative estimate of drug-likeness (QED) is 0.160. The molecule has 1 aliphatic heterocycles. The zero-order valence-corrected chi connectivity index (χ0v) is 35.7. The number of hydrogen-bond donors (Lipinski definition) is 0. The molecule has 310 valence electrons. The van der Waals surface area contributed by atoms with Crippen molar-refractivity contribution >= 4 is 43.9 Å². The van der Waals surface area contributed by atoms with Crippen molar-refractivity contribution < 1.29 is 9.15 Å². The molecule has 2 unspecified atom stereocenters. The van der Waals surface area contributed by atoms with E-state index in [1.165, 1.54) is 27.8 Å². The zero-order chi connectivity index (χ0) is 43.6. The lowest BCUT2D eigenvalue weighted by molar-refractivity contribution is 0.272. The van der Waals surface area contributed by atoms with Crippen molar-refractivity contribution in [3.8, 4) is 62.2 Å². The molecule has 11 aromatic rings. The Morgan fingerprint density at radius 1 is 0.394 bits per heavy atom. The highest BCUT2D eigenvalue weighted by Crippen LogP contribution is 2.50. The van der Waals surface area contributed by atoms with Gasteiger partial charge in [-0.1, -0.05) is 164 Å². The van der Waals surface area contributed by atoms with Crippen molar-refractivity contribution in [1.82, 2.24) is 15.0 Å². The first-order chi connectivity index (χ1) is 32.7. The molecule has 5 heteroatoms. The average molecular weight is 846 g/mol. The molecule has 13 rings (SSSR count). The number of furan rings is 1. The summed E-state index contributed by atoms with van der Waals surface area (Å²) in [5, 5.41) is 4.22. The normalized spacial score (nSPS) is 15.3. The third-order valence-electron chi connectivity index (χ3n) is 13.1. The van der Waals surface area contributed by atoms with E-state index in [9.17, 15) is 0 Å². The predicted molar refractivity (Wildman–Crippen MR) is 268 cm³/mol. The van der Waals surface area contributed by atoms with Gasteiger partial charge in [0.15, 0.2) is 17.5 Å². The van der Waals surface area contributed by atoms with Gasteiger partial charge in [-0.25, -0.2) is 15.0 Å². The number of nitrogens with zero attached hydrogens (tertiary/aromatic N) is 3. The van der Waals surface area contributed by atoms with Gasteiger partial charge in [-0.3, -0.25) is 0 Å². The van der Waals surface area contributed by atoms with Crippen LogP contribution in [0.3, 0.4) is 0 Å². The van der Waals surface area contributed by atoms with Crippen molar-refractivity contribution in [3.05, 3.63) is 241 Å². The highest BCUT2D eigenvalue weighted by Gasteiger charge is 2.38. The number of aromatic nitrogens is 3. The van der Waals surface area contributed by atoms with Gasteiger partial charge in [-0.05, 0) is 116 Å². The van der Waals surface area contributed by atoms with Crippen LogP contribution < -0.4 is 4.74 Å². The van der Waals surface area contributed by atoms with Crippen LogP contribution in [0.25, 0.3) is 100 Å². The lowest BCUT2D eigenvalue weighted by atomic mass is 9.78. The summed E-state index contributed by atoms with van der Waals surface area (Å²) in [5.41, 5.74) is 14.7. The number of para-hydroxylation sites is 2. The largest absolute Gasteiger partial charge is 0.485 e. The van der Waals surface area contributed by atoms with E-state index in [-0.39, 0.29) is 12.0 Å². The van der Waals surface area contributed by atoms with E-state index in [0.29, 0.717) is 17.5 Å². The molecule has 0 amide bonds. The van der Waals surface area contributed by atoms with E-state index in [2.05, 4.69) is 182 Å². The van der Waals surface area contributed by atoms with Crippen molar-refractivity contribution in [2.24, 2.45) is 0 Å². The summed E-state index contributed by atoms with van der Waals surface area (Å²) in [6, 6.07) is 74.2. The van der Waals surface area contributed by atoms with E-state index in [1.54, 1.807) is 0 Å². The number of rotatable bonds is 7. The Kier molecular flexibility index (Phi) is 8.91. The Morgan fingerprint density at radius 2 is 0.970 bits per heavy atom. The molecular formula is C61H39N3O2. The molecule has 0 fully saturated rings. The Bertz CT molecular complexity index is 3680. The molecule has 0 spiro atoms. The summed E-state index contributed by atoms with van der Waals surface area (Å²) in [6.07, 6.45) is 4.54. The third kappa shape index (κ3) is 6.60. The van der Waals surface area contributed by atoms with E-state index >= 15 is 0 Å². The topological polar surface area (TPSA) is 61.0 Å². The molecule has 1 aliphatic carbocycles. The number of hydrogen-bond acceptors (Lipinski definition) is 5. The first-order valence-electron chi connectivity index (χ1n) is 22.4. The minimum Gasteiger partial charge on any atom is -0.485 e. The Morgan fingerprint density at radius 3 is 1.71 bits per heavy atom. The predicted octanol–water partition coefficient (Wildman–Crippen LogP) is 15.3. The van der Waals surface area contributed by atoms with Gasteiger partial charge < -0.3 is 9.15 Å². The second-order valence-electron chi connectivity index (χ2n) is 17.1. The molecule has 0 bridgehead atoms. The molecular weight excluding hydrogens is 807 g/mol. The van der Waals surface area contributed by atoms with Gasteiger partial charge in [0, 0.05) is 33.0 Å². The van der Waals surface area contributed by atoms with E-state index < -0.39 is 0 Å². The van der Waals surface area contributed by atoms with Crippen LogP contribution in [-0.2, 0) is 0 Å². The van der Waals surface area contributed by atoms with Crippen LogP contribution in [0.4, 0.5) is 0 Å². The molecule has 0 saturated heterocycles. The first kappa shape index (κ1) is 37.8. The van der Waals surface area contributed by atoms with Crippen LogP contribution >= 0.6 is 0 Å². The minimum atomic E-state index is -0.0917. The summed E-state index contributed by atoms with van der Waals surface area (Å²) < 4.78 is 13.0. The van der Waals surface area contributed by atoms with Gasteiger partial charge >= 0.3 is 0 Å². The average Bonchev–Trinajstić information content (AvgIpc) is 3.97. The molecule has 3 heterocycles. The third-order valence-corrected chi connectivity index (χ3v) is 13.1. The first-order valence-corrected chi connectivity index (χ1v) is 22.4. The lowest BCUT2D eigenvalue weighted by Crippen LogP contribution is -2.20. The smallest absolute Gasteiger partial charge is 0.164 e. The molecule has 2 aliphatic rings. The molecule has 2 aromatic heterocycles. The Labute approximate surface area is 381 Å². The monoisotopic (exact) mass is 845 g/mol. The SMILES string of the molecule is C1=C(c2ccccc2)C=C(c2ccc3cc(-c4nc(-c5cc(-c6ccccc6)cc(-c6ccccc6)c5)nc(-c5cccc6oc7ccccc7c56)n4)ccc3c2)C2c3ccccc3OC12. The van der Waals surface area contributed by atoms with Crippen molar-refractivity contribution in [1.29, 1.82) is 0 Å². The number of allylic oxidation sites excluding steroid dienone is 2. The summed E-state index contributed by atoms with van der Waals surface area (Å²) in [4.78, 5) is 15.9. The Hall–Kier alpha value is -8.67. The van der Waals surface area contributed by atoms with Gasteiger partial charge in [-0.2, -0.15) is 0 Å². The van der Waals surface area contributed by atoms with Crippen LogP contribution in [0.15, 0.2) is 229 Å². The fraction of sp³-hybridized carbons (Fsp3) is 0.0328. The van der Waals surface area contributed by atoms with E-state index in [0.717, 1.165) is 77.4 Å². The molecule has 0 saturated carbocycles. The van der Waals surface area contributed by atoms with Crippen LogP contribution in [0.1, 0.15) is 22.6 Å². The second kappa shape index (κ2) is 15.5. The van der Waals surface area contributed by atoms with Gasteiger partial charge in [0.25, 0.3) is 0 Å². The van der Waals surface area contributed by atoms with Crippen LogP contribution in [0.2, 0.25) is 0 Å². The van der Waals surface area contributed by atoms with Gasteiger partial charge in [0.2, 0.25) is 0 Å². The number of ether oxygens (including phenoxy) is 1. The summed E-state index contributed by atoms with van der Waals surface area (Å²) in [5.74, 6) is 2.80. The molecule has 5 nitrogen and oxygen atoms in total. The molecule has 0 N–H and O–H groups in total. The fourth-order valence-electron chi connectivity index (χ4n) is 9.90. The van der Waals surface area contributed by atoms with Gasteiger partial charge in [-0.15, -0.1) is 0 Å². The van der Waals surface area contributed by atoms with Crippen LogP contribution in [-0.4, -0.2) is 21.1 Å². The van der Waals surface area contributed by atoms with Gasteiger partial charge in [0.05, 0.1) is 5.92 Å². The van der Waals surface area contributed by atoms with Crippen LogP contribution in [0.5, 0.6) is 5.75 Å². The lowest BCUT2D eigenvalue weighted by Gasteiger charge is -2.26. The highest BCUT2D eigenvalue weighted by atomic mass is 16.5. The number of fused-ring (bicyclic) bond motifs is 7. The maximum atomic E-state index is 6.61. The summed E-state index contributed by atoms with van der Waals surface area (Å²) >= 11 is 0. The minimum absolute atomic E-state index is 0.0899. The van der Waals surface area contributed by atoms with E-state index in [1.807, 2.05) is 42.5 Å². The van der Waals surface area contributed by atoms with Gasteiger partial charge in [0.1, 0.15) is 23.0 Å². The molecule has 66 heavy (non-hydrogen) atoms. The van der Waals surface area contributed by atoms with Crippen molar-refractivity contribution in [3.63, 3.8) is 0 Å². The van der Waals surface area contributed by atoms with Crippen LogP contribution in [0, 0.1) is 0 Å². The molecule has 0 radical (unpaired) electrons. The fourth-order valence-corrected chi connectivity index (χ4v) is 9.90. The Balaban J connectivity index is 0.968. The van der Waals surface area contributed by atoms with Crippen molar-refractivity contribution in [2.45, 2.75) is 12.0 Å². The summed E-state index contributed by atoms with van der Waals surface area (Å²) in [6.45, 7) is 0. The second-order valence-corrected chi connectivity index (χ2v) is 17.1. The van der Waals surface area contributed by atoms with Crippen molar-refractivity contribution in [2.75, 3.05) is 0 Å². The zero-order valence-electron chi connectivity index (χ0n) is 35.7. The molecule has 2 atom stereocenters.